The summed E-state index contributed by atoms with van der Waals surface area (Å²) in [7, 11) is 1.68. The van der Waals surface area contributed by atoms with Crippen LogP contribution in [0.4, 0.5) is 5.95 Å². The van der Waals surface area contributed by atoms with E-state index in [1.165, 1.54) is 5.56 Å². The summed E-state index contributed by atoms with van der Waals surface area (Å²) >= 11 is 0. The maximum Gasteiger partial charge on any atom is 0.225 e. The molecule has 30 heavy (non-hydrogen) atoms. The quantitative estimate of drug-likeness (QED) is 0.746. The number of methoxy groups -OCH3 is 1. The lowest BCUT2D eigenvalue weighted by Gasteiger charge is -2.33. The zero-order chi connectivity index (χ0) is 21.1. The number of hydrogen-bond acceptors (Lipinski definition) is 5. The molecule has 6 nitrogen and oxygen atoms in total. The lowest BCUT2D eigenvalue weighted by atomic mass is 9.92. The summed E-state index contributed by atoms with van der Waals surface area (Å²) in [6, 6.07) is 10.4. The minimum Gasteiger partial charge on any atom is -0.497 e. The van der Waals surface area contributed by atoms with Crippen molar-refractivity contribution in [1.82, 2.24) is 14.9 Å². The third-order valence-corrected chi connectivity index (χ3v) is 6.40. The molecule has 1 aromatic carbocycles. The molecule has 0 bridgehead atoms. The van der Waals surface area contributed by atoms with Crippen LogP contribution in [0.1, 0.15) is 55.1 Å². The van der Waals surface area contributed by atoms with Crippen LogP contribution < -0.4 is 9.64 Å². The second-order valence-electron chi connectivity index (χ2n) is 8.60. The molecular weight excluding hydrogens is 376 g/mol. The average Bonchev–Trinajstić information content (AvgIpc) is 3.24. The summed E-state index contributed by atoms with van der Waals surface area (Å²) in [6.07, 6.45) is 4.80. The van der Waals surface area contributed by atoms with E-state index in [1.54, 1.807) is 7.11 Å². The van der Waals surface area contributed by atoms with Gasteiger partial charge in [0, 0.05) is 37.4 Å². The number of anilines is 1. The number of nitrogens with zero attached hydrogens (tertiary/aromatic N) is 4. The highest BCUT2D eigenvalue weighted by molar-refractivity contribution is 5.77. The van der Waals surface area contributed by atoms with Crippen LogP contribution in [-0.2, 0) is 4.79 Å². The number of rotatable bonds is 5. The zero-order valence-corrected chi connectivity index (χ0v) is 18.3. The largest absolute Gasteiger partial charge is 0.497 e. The van der Waals surface area contributed by atoms with Crippen LogP contribution in [0.25, 0.3) is 0 Å². The van der Waals surface area contributed by atoms with Crippen molar-refractivity contribution in [3.8, 4) is 5.75 Å². The van der Waals surface area contributed by atoms with Gasteiger partial charge in [0.05, 0.1) is 13.2 Å². The van der Waals surface area contributed by atoms with Gasteiger partial charge in [-0.05, 0) is 69.2 Å². The molecule has 6 heteroatoms. The first-order valence-corrected chi connectivity index (χ1v) is 11.0. The Kier molecular flexibility index (Phi) is 6.21. The monoisotopic (exact) mass is 408 g/mol. The SMILES string of the molecule is COc1ccc([C@@H]2CCCN2C(=O)CC2CCN(c3nc(C)cc(C)n3)CC2)cc1. The molecule has 2 aromatic rings. The predicted octanol–water partition coefficient (Wildman–Crippen LogP) is 4.07. The van der Waals surface area contributed by atoms with E-state index in [1.807, 2.05) is 32.0 Å². The fourth-order valence-corrected chi connectivity index (χ4v) is 4.79. The fraction of sp³-hybridized carbons (Fsp3) is 0.542. The van der Waals surface area contributed by atoms with Crippen molar-refractivity contribution in [3.05, 3.63) is 47.3 Å². The van der Waals surface area contributed by atoms with Crippen LogP contribution in [0, 0.1) is 19.8 Å². The molecule has 2 saturated heterocycles. The number of piperidine rings is 1. The van der Waals surface area contributed by atoms with E-state index >= 15 is 0 Å². The third-order valence-electron chi connectivity index (χ3n) is 6.40. The van der Waals surface area contributed by atoms with Crippen molar-refractivity contribution >= 4 is 11.9 Å². The third kappa shape index (κ3) is 4.58. The summed E-state index contributed by atoms with van der Waals surface area (Å²) in [5.74, 6) is 2.43. The summed E-state index contributed by atoms with van der Waals surface area (Å²) in [5.41, 5.74) is 3.23. The Labute approximate surface area is 179 Å². The zero-order valence-electron chi connectivity index (χ0n) is 18.3. The first-order chi connectivity index (χ1) is 14.5. The van der Waals surface area contributed by atoms with Gasteiger partial charge in [0.15, 0.2) is 0 Å². The molecular formula is C24H32N4O2. The number of hydrogen-bond donors (Lipinski definition) is 0. The van der Waals surface area contributed by atoms with Gasteiger partial charge in [-0.2, -0.15) is 0 Å². The van der Waals surface area contributed by atoms with Gasteiger partial charge in [-0.3, -0.25) is 4.79 Å². The fourth-order valence-electron chi connectivity index (χ4n) is 4.79. The average molecular weight is 409 g/mol. The molecule has 0 aliphatic carbocycles. The highest BCUT2D eigenvalue weighted by atomic mass is 16.5. The number of aromatic nitrogens is 2. The molecule has 0 spiro atoms. The van der Waals surface area contributed by atoms with E-state index in [0.717, 1.165) is 68.4 Å². The van der Waals surface area contributed by atoms with E-state index in [-0.39, 0.29) is 6.04 Å². The van der Waals surface area contributed by atoms with E-state index < -0.39 is 0 Å². The van der Waals surface area contributed by atoms with Crippen molar-refractivity contribution in [2.45, 2.75) is 52.0 Å². The standard InChI is InChI=1S/C24H32N4O2/c1-17-15-18(2)26-24(25-17)27-13-10-19(11-14-27)16-23(29)28-12-4-5-22(28)20-6-8-21(30-3)9-7-20/h6-9,15,19,22H,4-5,10-14,16H2,1-3H3/t22-/m0/s1. The number of ether oxygens (including phenoxy) is 1. The van der Waals surface area contributed by atoms with Crippen LogP contribution >= 0.6 is 0 Å². The van der Waals surface area contributed by atoms with Crippen LogP contribution in [0.2, 0.25) is 0 Å². The number of aryl methyl sites for hydroxylation is 2. The minimum atomic E-state index is 0.201. The van der Waals surface area contributed by atoms with Gasteiger partial charge >= 0.3 is 0 Å². The maximum absolute atomic E-state index is 13.1. The maximum atomic E-state index is 13.1. The summed E-state index contributed by atoms with van der Waals surface area (Å²) in [4.78, 5) is 26.7. The van der Waals surface area contributed by atoms with Crippen LogP contribution in [0.3, 0.4) is 0 Å². The molecule has 1 atom stereocenters. The summed E-state index contributed by atoms with van der Waals surface area (Å²) < 4.78 is 5.27. The number of benzene rings is 1. The van der Waals surface area contributed by atoms with E-state index in [4.69, 9.17) is 4.74 Å². The van der Waals surface area contributed by atoms with Crippen molar-refractivity contribution in [2.75, 3.05) is 31.6 Å². The van der Waals surface area contributed by atoms with Crippen LogP contribution in [0.15, 0.2) is 30.3 Å². The molecule has 0 unspecified atom stereocenters. The second-order valence-corrected chi connectivity index (χ2v) is 8.60. The molecule has 160 valence electrons. The molecule has 2 aliphatic heterocycles. The molecule has 0 radical (unpaired) electrons. The summed E-state index contributed by atoms with van der Waals surface area (Å²) in [6.45, 7) is 6.73. The van der Waals surface area contributed by atoms with E-state index in [2.05, 4.69) is 31.9 Å². The first-order valence-electron chi connectivity index (χ1n) is 11.0. The molecule has 4 rings (SSSR count). The Hall–Kier alpha value is -2.63. The number of amides is 1. The minimum absolute atomic E-state index is 0.201. The number of carbonyl (C=O) groups is 1. The topological polar surface area (TPSA) is 58.6 Å². The second kappa shape index (κ2) is 9.02. The number of likely N-dealkylation sites (tertiary alicyclic amines) is 1. The van der Waals surface area contributed by atoms with Crippen molar-refractivity contribution in [1.29, 1.82) is 0 Å². The van der Waals surface area contributed by atoms with Gasteiger partial charge in [-0.1, -0.05) is 12.1 Å². The molecule has 1 amide bonds. The molecule has 2 fully saturated rings. The van der Waals surface area contributed by atoms with Gasteiger partial charge in [-0.15, -0.1) is 0 Å². The van der Waals surface area contributed by atoms with E-state index in [0.29, 0.717) is 18.2 Å². The summed E-state index contributed by atoms with van der Waals surface area (Å²) in [5, 5.41) is 0. The Morgan fingerprint density at radius 2 is 1.70 bits per heavy atom. The lowest BCUT2D eigenvalue weighted by molar-refractivity contribution is -0.133. The van der Waals surface area contributed by atoms with Gasteiger partial charge in [-0.25, -0.2) is 9.97 Å². The van der Waals surface area contributed by atoms with Crippen molar-refractivity contribution < 1.29 is 9.53 Å². The van der Waals surface area contributed by atoms with Crippen molar-refractivity contribution in [2.24, 2.45) is 5.92 Å². The molecule has 2 aliphatic rings. The van der Waals surface area contributed by atoms with Gasteiger partial charge in [0.25, 0.3) is 0 Å². The molecule has 0 N–H and O–H groups in total. The highest BCUT2D eigenvalue weighted by Gasteiger charge is 2.32. The highest BCUT2D eigenvalue weighted by Crippen LogP contribution is 2.34. The molecule has 3 heterocycles. The lowest BCUT2D eigenvalue weighted by Crippen LogP contribution is -2.38. The van der Waals surface area contributed by atoms with E-state index in [9.17, 15) is 4.79 Å². The van der Waals surface area contributed by atoms with Crippen molar-refractivity contribution in [3.63, 3.8) is 0 Å². The normalized spacial score (nSPS) is 19.9. The predicted molar refractivity (Wildman–Crippen MR) is 118 cm³/mol. The Morgan fingerprint density at radius 3 is 2.33 bits per heavy atom. The Morgan fingerprint density at radius 1 is 1.03 bits per heavy atom. The molecule has 1 aromatic heterocycles. The van der Waals surface area contributed by atoms with Crippen LogP contribution in [0.5, 0.6) is 5.75 Å². The Balaban J connectivity index is 1.33. The first kappa shape index (κ1) is 20.6. The molecule has 0 saturated carbocycles. The van der Waals surface area contributed by atoms with Gasteiger partial charge < -0.3 is 14.5 Å². The van der Waals surface area contributed by atoms with Crippen LogP contribution in [-0.4, -0.2) is 47.5 Å². The number of carbonyl (C=O) groups excluding carboxylic acids is 1. The smallest absolute Gasteiger partial charge is 0.225 e. The van der Waals surface area contributed by atoms with Gasteiger partial charge in [0.1, 0.15) is 5.75 Å². The van der Waals surface area contributed by atoms with Gasteiger partial charge in [0.2, 0.25) is 11.9 Å². The Bertz CT molecular complexity index is 855.